The third-order valence-corrected chi connectivity index (χ3v) is 5.50. The minimum atomic E-state index is -0.462. The maximum Gasteiger partial charge on any atom is 0.307 e. The second-order valence-electron chi connectivity index (χ2n) is 7.45. The number of ether oxygens (including phenoxy) is 1. The van der Waals surface area contributed by atoms with Gasteiger partial charge in [-0.1, -0.05) is 18.2 Å². The van der Waals surface area contributed by atoms with Gasteiger partial charge in [-0.05, 0) is 18.2 Å². The van der Waals surface area contributed by atoms with Crippen LogP contribution in [0.3, 0.4) is 0 Å². The van der Waals surface area contributed by atoms with E-state index in [1.54, 1.807) is 24.3 Å². The number of carbonyl (C=O) groups is 2. The molecule has 0 atom stereocenters. The summed E-state index contributed by atoms with van der Waals surface area (Å²) in [5, 5.41) is 31.1. The predicted molar refractivity (Wildman–Crippen MR) is 121 cm³/mol. The SMILES string of the molecule is COC(=O)CCN1CCC(=O)c2cc(N=Nc3ccc([N+](=O)[O-])c4ccccc34)c(O)cc21. The fourth-order valence-corrected chi connectivity index (χ4v) is 3.80. The fraction of sp³-hybridized carbons (Fsp3) is 0.217. The number of fused-ring (bicyclic) bond motifs is 2. The Labute approximate surface area is 188 Å². The Hall–Kier alpha value is -4.34. The molecule has 0 saturated carbocycles. The number of azo groups is 1. The number of methoxy groups -OCH3 is 1. The molecule has 3 aromatic carbocycles. The molecule has 4 rings (SSSR count). The number of nitro benzene ring substituents is 1. The van der Waals surface area contributed by atoms with Crippen molar-refractivity contribution in [3.63, 3.8) is 0 Å². The number of hydrogen-bond acceptors (Lipinski definition) is 9. The lowest BCUT2D eigenvalue weighted by molar-refractivity contribution is -0.383. The fourth-order valence-electron chi connectivity index (χ4n) is 3.80. The molecule has 1 heterocycles. The lowest BCUT2D eigenvalue weighted by Crippen LogP contribution is -2.33. The first-order chi connectivity index (χ1) is 15.9. The Morgan fingerprint density at radius 2 is 1.88 bits per heavy atom. The highest BCUT2D eigenvalue weighted by Gasteiger charge is 2.25. The number of ketones is 1. The first-order valence-electron chi connectivity index (χ1n) is 10.2. The van der Waals surface area contributed by atoms with Crippen molar-refractivity contribution in [1.29, 1.82) is 0 Å². The Morgan fingerprint density at radius 3 is 2.61 bits per heavy atom. The molecule has 0 unspecified atom stereocenters. The average Bonchev–Trinajstić information content (AvgIpc) is 2.82. The van der Waals surface area contributed by atoms with E-state index in [-0.39, 0.29) is 41.7 Å². The van der Waals surface area contributed by atoms with Crippen LogP contribution in [0.1, 0.15) is 23.2 Å². The molecular weight excluding hydrogens is 428 g/mol. The Kier molecular flexibility index (Phi) is 5.99. The number of phenolic OH excluding ortho intramolecular Hbond substituents is 1. The molecule has 1 N–H and O–H groups in total. The van der Waals surface area contributed by atoms with Gasteiger partial charge in [0.15, 0.2) is 5.78 Å². The predicted octanol–water partition coefficient (Wildman–Crippen LogP) is 4.82. The third-order valence-electron chi connectivity index (χ3n) is 5.50. The molecule has 10 nitrogen and oxygen atoms in total. The average molecular weight is 448 g/mol. The van der Waals surface area contributed by atoms with E-state index in [9.17, 15) is 24.8 Å². The van der Waals surface area contributed by atoms with Crippen molar-refractivity contribution in [3.8, 4) is 5.75 Å². The standard InChI is InChI=1S/C23H20N4O6/c1-33-23(30)9-11-26-10-8-21(28)16-12-18(22(29)13-20(16)26)25-24-17-6-7-19(27(31)32)15-5-3-2-4-14(15)17/h2-7,12-13,29H,8-11H2,1H3. The van der Waals surface area contributed by atoms with Gasteiger partial charge in [0.25, 0.3) is 5.69 Å². The maximum atomic E-state index is 12.5. The van der Waals surface area contributed by atoms with Crippen LogP contribution in [0.15, 0.2) is 58.8 Å². The summed E-state index contributed by atoms with van der Waals surface area (Å²) < 4.78 is 4.67. The number of anilines is 1. The van der Waals surface area contributed by atoms with Gasteiger partial charge in [0.05, 0.1) is 35.2 Å². The number of esters is 1. The number of non-ortho nitro benzene ring substituents is 1. The Morgan fingerprint density at radius 1 is 1.15 bits per heavy atom. The summed E-state index contributed by atoms with van der Waals surface area (Å²) in [5.41, 5.74) is 1.34. The molecule has 0 fully saturated rings. The van der Waals surface area contributed by atoms with E-state index >= 15 is 0 Å². The number of hydrogen-bond donors (Lipinski definition) is 1. The summed E-state index contributed by atoms with van der Waals surface area (Å²) in [4.78, 5) is 36.7. The number of nitro groups is 1. The topological polar surface area (TPSA) is 135 Å². The van der Waals surface area contributed by atoms with Gasteiger partial charge >= 0.3 is 5.97 Å². The highest BCUT2D eigenvalue weighted by molar-refractivity contribution is 6.04. The molecule has 10 heteroatoms. The van der Waals surface area contributed by atoms with Crippen molar-refractivity contribution in [1.82, 2.24) is 0 Å². The van der Waals surface area contributed by atoms with Gasteiger partial charge in [0.1, 0.15) is 11.4 Å². The van der Waals surface area contributed by atoms with Gasteiger partial charge in [-0.2, -0.15) is 0 Å². The van der Waals surface area contributed by atoms with E-state index in [1.165, 1.54) is 31.4 Å². The highest BCUT2D eigenvalue weighted by atomic mass is 16.6. The summed E-state index contributed by atoms with van der Waals surface area (Å²) in [6.07, 6.45) is 0.419. The van der Waals surface area contributed by atoms with Crippen LogP contribution in [-0.2, 0) is 9.53 Å². The summed E-state index contributed by atoms with van der Waals surface area (Å²) >= 11 is 0. The normalized spacial score (nSPS) is 13.4. The van der Waals surface area contributed by atoms with Crippen LogP contribution >= 0.6 is 0 Å². The summed E-state index contributed by atoms with van der Waals surface area (Å²) in [7, 11) is 1.31. The number of carbonyl (C=O) groups excluding carboxylic acids is 2. The van der Waals surface area contributed by atoms with E-state index in [0.29, 0.717) is 40.8 Å². The molecule has 0 radical (unpaired) electrons. The van der Waals surface area contributed by atoms with Crippen LogP contribution in [0.25, 0.3) is 10.8 Å². The van der Waals surface area contributed by atoms with E-state index in [2.05, 4.69) is 15.0 Å². The summed E-state index contributed by atoms with van der Waals surface area (Å²) in [5.74, 6) is -0.642. The van der Waals surface area contributed by atoms with Gasteiger partial charge in [-0.3, -0.25) is 19.7 Å². The lowest BCUT2D eigenvalue weighted by atomic mass is 9.99. The molecule has 33 heavy (non-hydrogen) atoms. The molecular formula is C23H20N4O6. The maximum absolute atomic E-state index is 12.5. The molecule has 0 bridgehead atoms. The molecule has 0 aliphatic carbocycles. The summed E-state index contributed by atoms with van der Waals surface area (Å²) in [6.45, 7) is 0.778. The van der Waals surface area contributed by atoms with E-state index < -0.39 is 4.92 Å². The van der Waals surface area contributed by atoms with Gasteiger partial charge in [0.2, 0.25) is 0 Å². The van der Waals surface area contributed by atoms with E-state index in [0.717, 1.165) is 0 Å². The Balaban J connectivity index is 1.68. The van der Waals surface area contributed by atoms with Crippen LogP contribution in [0.5, 0.6) is 5.75 Å². The van der Waals surface area contributed by atoms with E-state index in [4.69, 9.17) is 0 Å². The minimum absolute atomic E-state index is 0.0428. The first-order valence-corrected chi connectivity index (χ1v) is 10.2. The summed E-state index contributed by atoms with van der Waals surface area (Å²) in [6, 6.07) is 12.5. The zero-order valence-corrected chi connectivity index (χ0v) is 17.7. The Bertz CT molecular complexity index is 1300. The van der Waals surface area contributed by atoms with Crippen molar-refractivity contribution >= 4 is 45.3 Å². The van der Waals surface area contributed by atoms with Gasteiger partial charge in [-0.25, -0.2) is 0 Å². The molecule has 0 saturated heterocycles. The van der Waals surface area contributed by atoms with Gasteiger partial charge < -0.3 is 14.7 Å². The molecule has 168 valence electrons. The van der Waals surface area contributed by atoms with E-state index in [1.807, 2.05) is 4.90 Å². The molecule has 0 aromatic heterocycles. The number of benzene rings is 3. The van der Waals surface area contributed by atoms with Crippen molar-refractivity contribution in [2.75, 3.05) is 25.1 Å². The first kappa shape index (κ1) is 21.9. The number of phenols is 1. The second-order valence-corrected chi connectivity index (χ2v) is 7.45. The van der Waals surface area contributed by atoms with Crippen molar-refractivity contribution in [3.05, 3.63) is 64.2 Å². The van der Waals surface area contributed by atoms with Gasteiger partial charge in [0, 0.05) is 42.6 Å². The number of rotatable bonds is 6. The monoisotopic (exact) mass is 448 g/mol. The third kappa shape index (κ3) is 4.36. The van der Waals surface area contributed by atoms with Crippen LogP contribution in [-0.4, -0.2) is 42.0 Å². The number of nitrogens with zero attached hydrogens (tertiary/aromatic N) is 4. The zero-order chi connectivity index (χ0) is 23.5. The van der Waals surface area contributed by atoms with Crippen LogP contribution in [0.4, 0.5) is 22.7 Å². The van der Waals surface area contributed by atoms with Gasteiger partial charge in [-0.15, -0.1) is 10.2 Å². The van der Waals surface area contributed by atoms with Crippen LogP contribution < -0.4 is 4.90 Å². The quantitative estimate of drug-likeness (QED) is 0.247. The number of Topliss-reactive ketones (excluding diaryl/α,β-unsaturated/α-hetero) is 1. The second kappa shape index (κ2) is 9.03. The smallest absolute Gasteiger partial charge is 0.307 e. The van der Waals surface area contributed by atoms with Crippen LogP contribution in [0.2, 0.25) is 0 Å². The molecule has 1 aliphatic heterocycles. The minimum Gasteiger partial charge on any atom is -0.506 e. The van der Waals surface area contributed by atoms with Crippen molar-refractivity contribution in [2.45, 2.75) is 12.8 Å². The zero-order valence-electron chi connectivity index (χ0n) is 17.7. The lowest BCUT2D eigenvalue weighted by Gasteiger charge is -2.30. The highest BCUT2D eigenvalue weighted by Crippen LogP contribution is 2.39. The molecule has 1 aliphatic rings. The molecule has 3 aromatic rings. The van der Waals surface area contributed by atoms with Crippen LogP contribution in [0, 0.1) is 10.1 Å². The van der Waals surface area contributed by atoms with Crippen molar-refractivity contribution < 1.29 is 24.4 Å². The molecule has 0 amide bonds. The molecule has 0 spiro atoms. The van der Waals surface area contributed by atoms with Crippen molar-refractivity contribution in [2.24, 2.45) is 10.2 Å². The number of aromatic hydroxyl groups is 1. The largest absolute Gasteiger partial charge is 0.506 e.